The van der Waals surface area contributed by atoms with Crippen molar-refractivity contribution in [2.75, 3.05) is 0 Å². The number of rotatable bonds is 18. The number of aromatic hydroxyl groups is 1. The lowest BCUT2D eigenvalue weighted by Gasteiger charge is -2.25. The fraction of sp³-hybridized carbons (Fsp3) is 0.458. The van der Waals surface area contributed by atoms with Gasteiger partial charge < -0.3 is 48.5 Å². The third-order valence-electron chi connectivity index (χ3n) is 5.61. The van der Waals surface area contributed by atoms with E-state index in [2.05, 4.69) is 16.0 Å². The summed E-state index contributed by atoms with van der Waals surface area (Å²) in [6.07, 6.45) is -2.34. The van der Waals surface area contributed by atoms with E-state index in [1.165, 1.54) is 12.1 Å². The van der Waals surface area contributed by atoms with Gasteiger partial charge in [-0.15, -0.1) is 0 Å². The average molecular weight is 567 g/mol. The molecule has 4 atom stereocenters. The molecule has 12 N–H and O–H groups in total. The number of phenols is 1. The molecule has 1 aromatic rings. The summed E-state index contributed by atoms with van der Waals surface area (Å²) in [6, 6.07) is 0.217. The zero-order valence-electron chi connectivity index (χ0n) is 21.5. The van der Waals surface area contributed by atoms with Crippen LogP contribution in [0.4, 0.5) is 0 Å². The summed E-state index contributed by atoms with van der Waals surface area (Å²) in [4.78, 5) is 83.5. The molecule has 5 amide bonds. The lowest BCUT2D eigenvalue weighted by Crippen LogP contribution is -2.57. The Labute approximate surface area is 228 Å². The molecule has 0 saturated carbocycles. The number of carboxylic acid groups (broad SMARTS) is 2. The van der Waals surface area contributed by atoms with Gasteiger partial charge >= 0.3 is 11.9 Å². The van der Waals surface area contributed by atoms with Gasteiger partial charge in [-0.3, -0.25) is 28.8 Å². The van der Waals surface area contributed by atoms with Crippen molar-refractivity contribution in [3.8, 4) is 5.75 Å². The van der Waals surface area contributed by atoms with E-state index in [0.717, 1.165) is 0 Å². The van der Waals surface area contributed by atoms with E-state index in [-0.39, 0.29) is 37.9 Å². The Hall–Kier alpha value is -4.73. The van der Waals surface area contributed by atoms with E-state index in [0.29, 0.717) is 5.56 Å². The smallest absolute Gasteiger partial charge is 0.326 e. The Morgan fingerprint density at radius 1 is 0.675 bits per heavy atom. The summed E-state index contributed by atoms with van der Waals surface area (Å²) in [5, 5.41) is 34.3. The van der Waals surface area contributed by atoms with Crippen molar-refractivity contribution >= 4 is 41.5 Å². The molecule has 16 nitrogen and oxygen atoms in total. The molecule has 0 spiro atoms. The summed E-state index contributed by atoms with van der Waals surface area (Å²) in [7, 11) is 0. The maximum atomic E-state index is 13.1. The lowest BCUT2D eigenvalue weighted by molar-refractivity contribution is -0.143. The van der Waals surface area contributed by atoms with E-state index in [1.54, 1.807) is 12.1 Å². The van der Waals surface area contributed by atoms with Crippen LogP contribution in [-0.4, -0.2) is 81.0 Å². The fourth-order valence-electron chi connectivity index (χ4n) is 3.44. The number of aliphatic carboxylic acids is 2. The van der Waals surface area contributed by atoms with E-state index >= 15 is 0 Å². The van der Waals surface area contributed by atoms with Crippen molar-refractivity contribution in [1.82, 2.24) is 16.0 Å². The molecular formula is C24H34N6O10. The van der Waals surface area contributed by atoms with Crippen molar-refractivity contribution < 1.29 is 48.9 Å². The molecule has 0 aromatic heterocycles. The number of carbonyl (C=O) groups excluding carboxylic acids is 5. The molecule has 0 fully saturated rings. The summed E-state index contributed by atoms with van der Waals surface area (Å²) >= 11 is 0. The van der Waals surface area contributed by atoms with Gasteiger partial charge in [0.25, 0.3) is 0 Å². The van der Waals surface area contributed by atoms with E-state index < -0.39 is 78.5 Å². The molecule has 1 rings (SSSR count). The number of carbonyl (C=O) groups is 7. The van der Waals surface area contributed by atoms with Crippen molar-refractivity contribution in [2.24, 2.45) is 17.2 Å². The Kier molecular flexibility index (Phi) is 13.6. The second-order valence-corrected chi connectivity index (χ2v) is 8.94. The summed E-state index contributed by atoms with van der Waals surface area (Å²) < 4.78 is 0. The predicted molar refractivity (Wildman–Crippen MR) is 137 cm³/mol. The number of benzene rings is 1. The van der Waals surface area contributed by atoms with Gasteiger partial charge in [-0.2, -0.15) is 0 Å². The fourth-order valence-corrected chi connectivity index (χ4v) is 3.44. The Morgan fingerprint density at radius 2 is 1.10 bits per heavy atom. The van der Waals surface area contributed by atoms with Crippen LogP contribution in [0.2, 0.25) is 0 Å². The van der Waals surface area contributed by atoms with E-state index in [4.69, 9.17) is 22.3 Å². The Morgan fingerprint density at radius 3 is 1.52 bits per heavy atom. The second-order valence-electron chi connectivity index (χ2n) is 8.94. The summed E-state index contributed by atoms with van der Waals surface area (Å²) in [5.74, 6) is -7.21. The second kappa shape index (κ2) is 16.3. The molecule has 0 aliphatic rings. The first-order valence-corrected chi connectivity index (χ1v) is 12.1. The Balaban J connectivity index is 3.04. The number of nitrogens with one attached hydrogen (secondary N) is 3. The van der Waals surface area contributed by atoms with Crippen LogP contribution in [0.5, 0.6) is 5.75 Å². The molecule has 4 unspecified atom stereocenters. The van der Waals surface area contributed by atoms with Crippen LogP contribution >= 0.6 is 0 Å². The number of primary amides is 2. The first-order chi connectivity index (χ1) is 18.7. The maximum Gasteiger partial charge on any atom is 0.326 e. The number of hydrogen-bond donors (Lipinski definition) is 9. The highest BCUT2D eigenvalue weighted by atomic mass is 16.4. The number of phenolic OH excluding ortho intramolecular Hbond substituents is 1. The minimum atomic E-state index is -1.61. The van der Waals surface area contributed by atoms with Gasteiger partial charge in [0.05, 0.1) is 6.04 Å². The molecule has 0 aliphatic carbocycles. The van der Waals surface area contributed by atoms with Gasteiger partial charge in [-0.05, 0) is 43.4 Å². The minimum Gasteiger partial charge on any atom is -0.508 e. The van der Waals surface area contributed by atoms with Gasteiger partial charge in [0, 0.05) is 19.3 Å². The molecule has 0 bridgehead atoms. The largest absolute Gasteiger partial charge is 0.508 e. The highest BCUT2D eigenvalue weighted by Gasteiger charge is 2.31. The third-order valence-corrected chi connectivity index (χ3v) is 5.61. The van der Waals surface area contributed by atoms with Gasteiger partial charge in [0.2, 0.25) is 29.5 Å². The first kappa shape index (κ1) is 33.3. The van der Waals surface area contributed by atoms with Gasteiger partial charge in [-0.25, -0.2) is 4.79 Å². The molecule has 16 heteroatoms. The minimum absolute atomic E-state index is 0.0106. The molecular weight excluding hydrogens is 532 g/mol. The van der Waals surface area contributed by atoms with E-state index in [1.807, 2.05) is 0 Å². The number of hydrogen-bond acceptors (Lipinski definition) is 9. The zero-order chi connectivity index (χ0) is 30.4. The van der Waals surface area contributed by atoms with Crippen LogP contribution in [0.15, 0.2) is 24.3 Å². The standard InChI is InChI=1S/C24H34N6O10/c25-14(11-12-1-3-13(31)4-2-12)21(36)28-15(5-8-18(26)32)22(37)29-16(6-9-19(27)33)23(38)30-17(24(39)40)7-10-20(34)35/h1-4,14-17,31H,5-11,25H2,(H2,26,32)(H2,27,33)(H,28,36)(H,29,37)(H,30,38)(H,34,35)(H,39,40). The first-order valence-electron chi connectivity index (χ1n) is 12.1. The third kappa shape index (κ3) is 12.7. The van der Waals surface area contributed by atoms with Crippen molar-refractivity contribution in [3.63, 3.8) is 0 Å². The quantitative estimate of drug-likeness (QED) is 0.0873. The number of carboxylic acids is 2. The Bertz CT molecular complexity index is 1090. The SMILES string of the molecule is NC(=O)CCC(NC(=O)C(N)Cc1ccc(O)cc1)C(=O)NC(CCC(N)=O)C(=O)NC(CCC(=O)O)C(=O)O. The van der Waals surface area contributed by atoms with Gasteiger partial charge in [0.1, 0.15) is 23.9 Å². The molecule has 0 heterocycles. The topological polar surface area (TPSA) is 294 Å². The van der Waals surface area contributed by atoms with E-state index in [9.17, 15) is 43.8 Å². The molecule has 1 aromatic carbocycles. The maximum absolute atomic E-state index is 13.1. The monoisotopic (exact) mass is 566 g/mol. The zero-order valence-corrected chi connectivity index (χ0v) is 21.5. The van der Waals surface area contributed by atoms with Crippen molar-refractivity contribution in [1.29, 1.82) is 0 Å². The molecule has 220 valence electrons. The highest BCUT2D eigenvalue weighted by Crippen LogP contribution is 2.11. The number of amides is 5. The lowest BCUT2D eigenvalue weighted by atomic mass is 10.0. The summed E-state index contributed by atoms with van der Waals surface area (Å²) in [6.45, 7) is 0. The predicted octanol–water partition coefficient (Wildman–Crippen LogP) is -2.80. The highest BCUT2D eigenvalue weighted by molar-refractivity contribution is 5.94. The van der Waals surface area contributed by atoms with Crippen LogP contribution in [0.1, 0.15) is 44.1 Å². The van der Waals surface area contributed by atoms with Crippen LogP contribution in [0, 0.1) is 0 Å². The van der Waals surface area contributed by atoms with Crippen molar-refractivity contribution in [2.45, 2.75) is 69.1 Å². The molecule has 40 heavy (non-hydrogen) atoms. The van der Waals surface area contributed by atoms with Gasteiger partial charge in [0.15, 0.2) is 0 Å². The summed E-state index contributed by atoms with van der Waals surface area (Å²) in [5.41, 5.74) is 16.9. The molecule has 0 aliphatic heterocycles. The van der Waals surface area contributed by atoms with Crippen LogP contribution in [0.25, 0.3) is 0 Å². The van der Waals surface area contributed by atoms with Crippen LogP contribution < -0.4 is 33.2 Å². The van der Waals surface area contributed by atoms with Crippen LogP contribution in [0.3, 0.4) is 0 Å². The normalized spacial score (nSPS) is 13.6. The number of nitrogens with two attached hydrogens (primary N) is 3. The molecule has 0 radical (unpaired) electrons. The van der Waals surface area contributed by atoms with Gasteiger partial charge in [-0.1, -0.05) is 12.1 Å². The average Bonchev–Trinajstić information content (AvgIpc) is 2.86. The van der Waals surface area contributed by atoms with Crippen LogP contribution in [-0.2, 0) is 40.0 Å². The molecule has 0 saturated heterocycles. The van der Waals surface area contributed by atoms with Crippen molar-refractivity contribution in [3.05, 3.63) is 29.8 Å².